The molecule has 0 aliphatic carbocycles. The van der Waals surface area contributed by atoms with E-state index in [1.807, 2.05) is 13.0 Å². The van der Waals surface area contributed by atoms with E-state index >= 15 is 0 Å². The van der Waals surface area contributed by atoms with Gasteiger partial charge in [0, 0.05) is 17.6 Å². The summed E-state index contributed by atoms with van der Waals surface area (Å²) in [6.45, 7) is 4.02. The number of rotatable bonds is 4. The highest BCUT2D eigenvalue weighted by Gasteiger charge is 2.17. The fraction of sp³-hybridized carbons (Fsp3) is 0.385. The van der Waals surface area contributed by atoms with Crippen LogP contribution >= 0.6 is 15.9 Å². The second-order valence-electron chi connectivity index (χ2n) is 4.57. The molecular weight excluding hydrogens is 328 g/mol. The van der Waals surface area contributed by atoms with Gasteiger partial charge in [0.1, 0.15) is 0 Å². The lowest BCUT2D eigenvalue weighted by molar-refractivity contribution is 0.581. The van der Waals surface area contributed by atoms with Crippen LogP contribution in [-0.2, 0) is 10.0 Å². The molecule has 0 amide bonds. The van der Waals surface area contributed by atoms with Crippen molar-refractivity contribution in [3.8, 4) is 0 Å². The summed E-state index contributed by atoms with van der Waals surface area (Å²) in [5.41, 5.74) is 2.15. The first-order chi connectivity index (χ1) is 8.99. The van der Waals surface area contributed by atoms with E-state index in [1.165, 1.54) is 0 Å². The summed E-state index contributed by atoms with van der Waals surface area (Å²) in [5.74, 6) is 0. The Morgan fingerprint density at radius 2 is 2.21 bits per heavy atom. The van der Waals surface area contributed by atoms with Crippen molar-refractivity contribution < 1.29 is 8.42 Å². The van der Waals surface area contributed by atoms with Gasteiger partial charge in [0.25, 0.3) is 0 Å². The van der Waals surface area contributed by atoms with Crippen LogP contribution in [0.1, 0.15) is 12.0 Å². The Hall–Kier alpha value is -0.690. The molecule has 0 bridgehead atoms. The average Bonchev–Trinajstić information content (AvgIpc) is 2.37. The van der Waals surface area contributed by atoms with Gasteiger partial charge in [-0.2, -0.15) is 0 Å². The van der Waals surface area contributed by atoms with Crippen molar-refractivity contribution in [2.24, 2.45) is 0 Å². The second-order valence-corrected chi connectivity index (χ2v) is 7.16. The Balaban J connectivity index is 2.11. The Morgan fingerprint density at radius 1 is 1.42 bits per heavy atom. The molecule has 1 heterocycles. The molecule has 0 spiro atoms. The summed E-state index contributed by atoms with van der Waals surface area (Å²) in [6, 6.07) is 5.22. The van der Waals surface area contributed by atoms with E-state index in [2.05, 4.69) is 26.0 Å². The summed E-state index contributed by atoms with van der Waals surface area (Å²) in [5, 5.41) is 3.20. The van der Waals surface area contributed by atoms with E-state index in [-0.39, 0.29) is 4.90 Å². The maximum Gasteiger partial charge on any atom is 0.241 e. The molecule has 0 radical (unpaired) electrons. The van der Waals surface area contributed by atoms with Gasteiger partial charge in [0.2, 0.25) is 10.0 Å². The molecule has 1 aromatic rings. The standard InChI is InChI=1S/C13H17BrN2O2S/c1-10-2-3-13(12(14)8-10)19(17,18)16-9-11-4-6-15-7-5-11/h2-4,8,15-16H,5-7,9H2,1H3. The van der Waals surface area contributed by atoms with Crippen LogP contribution in [0.5, 0.6) is 0 Å². The highest BCUT2D eigenvalue weighted by atomic mass is 79.9. The third-order valence-corrected chi connectivity index (χ3v) is 5.40. The van der Waals surface area contributed by atoms with Gasteiger partial charge in [-0.05, 0) is 53.5 Å². The van der Waals surface area contributed by atoms with E-state index in [1.54, 1.807) is 18.2 Å². The van der Waals surface area contributed by atoms with Gasteiger partial charge in [-0.3, -0.25) is 0 Å². The molecule has 0 saturated heterocycles. The van der Waals surface area contributed by atoms with Gasteiger partial charge in [0.15, 0.2) is 0 Å². The molecule has 0 fully saturated rings. The molecule has 0 unspecified atom stereocenters. The minimum Gasteiger partial charge on any atom is -0.313 e. The van der Waals surface area contributed by atoms with E-state index < -0.39 is 10.0 Å². The minimum absolute atomic E-state index is 0.285. The maximum atomic E-state index is 12.2. The number of benzene rings is 1. The molecule has 0 saturated carbocycles. The van der Waals surface area contributed by atoms with E-state index in [9.17, 15) is 8.42 Å². The summed E-state index contributed by atoms with van der Waals surface area (Å²) < 4.78 is 27.7. The lowest BCUT2D eigenvalue weighted by Gasteiger charge is -2.15. The third kappa shape index (κ3) is 3.89. The van der Waals surface area contributed by atoms with Crippen LogP contribution in [0.3, 0.4) is 0 Å². The lowest BCUT2D eigenvalue weighted by atomic mass is 10.1. The van der Waals surface area contributed by atoms with E-state index in [0.717, 1.165) is 30.6 Å². The SMILES string of the molecule is Cc1ccc(S(=O)(=O)NCC2=CCNCC2)c(Br)c1. The smallest absolute Gasteiger partial charge is 0.241 e. The van der Waals surface area contributed by atoms with Crippen LogP contribution in [0.4, 0.5) is 0 Å². The summed E-state index contributed by atoms with van der Waals surface area (Å²) in [7, 11) is -3.47. The monoisotopic (exact) mass is 344 g/mol. The molecule has 2 rings (SSSR count). The summed E-state index contributed by atoms with van der Waals surface area (Å²) >= 11 is 3.31. The van der Waals surface area contributed by atoms with Gasteiger partial charge >= 0.3 is 0 Å². The third-order valence-electron chi connectivity index (χ3n) is 3.02. The van der Waals surface area contributed by atoms with Crippen molar-refractivity contribution in [1.82, 2.24) is 10.0 Å². The van der Waals surface area contributed by atoms with Crippen LogP contribution in [-0.4, -0.2) is 28.1 Å². The van der Waals surface area contributed by atoms with Gasteiger partial charge in [-0.15, -0.1) is 0 Å². The first kappa shape index (κ1) is 14.7. The van der Waals surface area contributed by atoms with Crippen molar-refractivity contribution >= 4 is 26.0 Å². The number of nitrogens with one attached hydrogen (secondary N) is 2. The quantitative estimate of drug-likeness (QED) is 0.821. The first-order valence-electron chi connectivity index (χ1n) is 6.13. The van der Waals surface area contributed by atoms with Gasteiger partial charge in [-0.25, -0.2) is 13.1 Å². The van der Waals surface area contributed by atoms with Crippen molar-refractivity contribution in [2.45, 2.75) is 18.2 Å². The summed E-state index contributed by atoms with van der Waals surface area (Å²) in [6.07, 6.45) is 2.92. The normalized spacial score (nSPS) is 16.2. The molecule has 104 valence electrons. The van der Waals surface area contributed by atoms with E-state index in [4.69, 9.17) is 0 Å². The van der Waals surface area contributed by atoms with Crippen molar-refractivity contribution in [3.63, 3.8) is 0 Å². The Kier molecular flexibility index (Phi) is 4.78. The topological polar surface area (TPSA) is 58.2 Å². The highest BCUT2D eigenvalue weighted by molar-refractivity contribution is 9.10. The fourth-order valence-corrected chi connectivity index (χ4v) is 4.15. The zero-order valence-corrected chi connectivity index (χ0v) is 13.1. The van der Waals surface area contributed by atoms with Crippen LogP contribution < -0.4 is 10.0 Å². The molecule has 1 aliphatic rings. The molecule has 6 heteroatoms. The summed E-state index contributed by atoms with van der Waals surface area (Å²) in [4.78, 5) is 0.285. The van der Waals surface area contributed by atoms with Crippen LogP contribution in [0.15, 0.2) is 39.2 Å². The molecule has 1 aromatic carbocycles. The largest absolute Gasteiger partial charge is 0.313 e. The number of sulfonamides is 1. The van der Waals surface area contributed by atoms with E-state index in [0.29, 0.717) is 11.0 Å². The number of hydrogen-bond acceptors (Lipinski definition) is 3. The molecule has 4 nitrogen and oxygen atoms in total. The molecule has 0 aromatic heterocycles. The fourth-order valence-electron chi connectivity index (χ4n) is 1.92. The van der Waals surface area contributed by atoms with Crippen molar-refractivity contribution in [2.75, 3.05) is 19.6 Å². The molecule has 1 aliphatic heterocycles. The predicted octanol–water partition coefficient (Wildman–Crippen LogP) is 1.96. The average molecular weight is 345 g/mol. The number of aryl methyl sites for hydroxylation is 1. The Morgan fingerprint density at radius 3 is 2.84 bits per heavy atom. The van der Waals surface area contributed by atoms with Crippen molar-refractivity contribution in [1.29, 1.82) is 0 Å². The molecule has 0 atom stereocenters. The zero-order chi connectivity index (χ0) is 13.9. The Labute approximate surface area is 122 Å². The molecule has 19 heavy (non-hydrogen) atoms. The van der Waals surface area contributed by atoms with Crippen molar-refractivity contribution in [3.05, 3.63) is 39.9 Å². The van der Waals surface area contributed by atoms with Gasteiger partial charge < -0.3 is 5.32 Å². The predicted molar refractivity (Wildman–Crippen MR) is 79.6 cm³/mol. The van der Waals surface area contributed by atoms with Gasteiger partial charge in [0.05, 0.1) is 4.90 Å². The maximum absolute atomic E-state index is 12.2. The number of halogens is 1. The highest BCUT2D eigenvalue weighted by Crippen LogP contribution is 2.23. The first-order valence-corrected chi connectivity index (χ1v) is 8.41. The van der Waals surface area contributed by atoms with Crippen LogP contribution in [0.2, 0.25) is 0 Å². The molecular formula is C13H17BrN2O2S. The zero-order valence-electron chi connectivity index (χ0n) is 10.7. The second kappa shape index (κ2) is 6.17. The lowest BCUT2D eigenvalue weighted by Crippen LogP contribution is -2.29. The Bertz CT molecular complexity index is 597. The molecule has 2 N–H and O–H groups in total. The van der Waals surface area contributed by atoms with Crippen LogP contribution in [0, 0.1) is 6.92 Å². The van der Waals surface area contributed by atoms with Gasteiger partial charge in [-0.1, -0.05) is 17.7 Å². The number of hydrogen-bond donors (Lipinski definition) is 2. The van der Waals surface area contributed by atoms with Crippen LogP contribution in [0.25, 0.3) is 0 Å². The minimum atomic E-state index is -3.47.